The van der Waals surface area contributed by atoms with Crippen molar-refractivity contribution >= 4 is 0 Å². The molecule has 0 spiro atoms. The van der Waals surface area contributed by atoms with Crippen molar-refractivity contribution in [3.05, 3.63) is 54.0 Å². The van der Waals surface area contributed by atoms with Gasteiger partial charge in [-0.15, -0.1) is 0 Å². The average molecular weight is 242 g/mol. The summed E-state index contributed by atoms with van der Waals surface area (Å²) in [5.41, 5.74) is 1.07. The van der Waals surface area contributed by atoms with Crippen molar-refractivity contribution in [1.29, 1.82) is 0 Å². The number of nitrogens with zero attached hydrogens (tertiary/aromatic N) is 2. The van der Waals surface area contributed by atoms with E-state index in [4.69, 9.17) is 4.74 Å². The normalized spacial score (nSPS) is 11.3. The van der Waals surface area contributed by atoms with Gasteiger partial charge in [0.2, 0.25) is 5.88 Å². The Labute approximate surface area is 108 Å². The summed E-state index contributed by atoms with van der Waals surface area (Å²) in [6, 6.07) is 11.8. The summed E-state index contributed by atoms with van der Waals surface area (Å²) < 4.78 is 5.68. The third kappa shape index (κ3) is 3.29. The zero-order chi connectivity index (χ0) is 13.0. The van der Waals surface area contributed by atoms with Gasteiger partial charge in [0.25, 0.3) is 0 Å². The lowest BCUT2D eigenvalue weighted by Gasteiger charge is -2.16. The maximum atomic E-state index is 5.68. The van der Waals surface area contributed by atoms with E-state index in [0.29, 0.717) is 12.5 Å². The van der Waals surface area contributed by atoms with Crippen LogP contribution in [0.1, 0.15) is 32.2 Å². The molecule has 0 fully saturated rings. The standard InChI is InChI=1S/C15H18N2O/c1-15(2,3)14-16-10-9-13(17-14)18-11-12-7-5-4-6-8-12/h4-10H,11H2,1-3H3. The Morgan fingerprint density at radius 2 is 1.78 bits per heavy atom. The molecule has 0 unspecified atom stereocenters. The van der Waals surface area contributed by atoms with Gasteiger partial charge in [-0.2, -0.15) is 4.98 Å². The van der Waals surface area contributed by atoms with E-state index < -0.39 is 0 Å². The second kappa shape index (κ2) is 5.17. The Bertz CT molecular complexity index is 503. The van der Waals surface area contributed by atoms with Gasteiger partial charge in [-0.3, -0.25) is 0 Å². The molecule has 0 aliphatic heterocycles. The van der Waals surface area contributed by atoms with Crippen molar-refractivity contribution < 1.29 is 4.74 Å². The summed E-state index contributed by atoms with van der Waals surface area (Å²) in [6.45, 7) is 6.79. The molecule has 0 atom stereocenters. The van der Waals surface area contributed by atoms with Crippen molar-refractivity contribution in [2.24, 2.45) is 0 Å². The van der Waals surface area contributed by atoms with Crippen LogP contribution < -0.4 is 4.74 Å². The minimum Gasteiger partial charge on any atom is -0.473 e. The molecule has 18 heavy (non-hydrogen) atoms. The van der Waals surface area contributed by atoms with Gasteiger partial charge >= 0.3 is 0 Å². The highest BCUT2D eigenvalue weighted by molar-refractivity contribution is 5.16. The van der Waals surface area contributed by atoms with Crippen LogP contribution in [-0.4, -0.2) is 9.97 Å². The molecular weight excluding hydrogens is 224 g/mol. The van der Waals surface area contributed by atoms with E-state index in [2.05, 4.69) is 30.7 Å². The van der Waals surface area contributed by atoms with E-state index in [9.17, 15) is 0 Å². The van der Waals surface area contributed by atoms with Gasteiger partial charge in [-0.25, -0.2) is 4.98 Å². The predicted octanol–water partition coefficient (Wildman–Crippen LogP) is 3.35. The Morgan fingerprint density at radius 1 is 1.06 bits per heavy atom. The van der Waals surface area contributed by atoms with Gasteiger partial charge in [-0.05, 0) is 5.56 Å². The molecule has 0 saturated heterocycles. The summed E-state index contributed by atoms with van der Waals surface area (Å²) in [5.74, 6) is 1.42. The lowest BCUT2D eigenvalue weighted by Crippen LogP contribution is -2.16. The fraction of sp³-hybridized carbons (Fsp3) is 0.333. The van der Waals surface area contributed by atoms with Crippen molar-refractivity contribution in [3.63, 3.8) is 0 Å². The topological polar surface area (TPSA) is 35.0 Å². The lowest BCUT2D eigenvalue weighted by atomic mass is 9.96. The van der Waals surface area contributed by atoms with Crippen molar-refractivity contribution in [1.82, 2.24) is 9.97 Å². The first-order chi connectivity index (χ1) is 8.55. The number of rotatable bonds is 3. The summed E-state index contributed by atoms with van der Waals surface area (Å²) in [5, 5.41) is 0. The van der Waals surface area contributed by atoms with Gasteiger partial charge in [0.05, 0.1) is 0 Å². The Morgan fingerprint density at radius 3 is 2.44 bits per heavy atom. The number of hydrogen-bond acceptors (Lipinski definition) is 3. The molecule has 0 aliphatic rings. The summed E-state index contributed by atoms with van der Waals surface area (Å²) in [6.07, 6.45) is 1.74. The first-order valence-electron chi connectivity index (χ1n) is 6.06. The molecule has 0 aliphatic carbocycles. The molecule has 0 saturated carbocycles. The average Bonchev–Trinajstić information content (AvgIpc) is 2.37. The molecule has 2 rings (SSSR count). The maximum absolute atomic E-state index is 5.68. The lowest BCUT2D eigenvalue weighted by molar-refractivity contribution is 0.290. The second-order valence-electron chi connectivity index (χ2n) is 5.24. The van der Waals surface area contributed by atoms with Crippen molar-refractivity contribution in [2.75, 3.05) is 0 Å². The molecular formula is C15H18N2O. The fourth-order valence-electron chi connectivity index (χ4n) is 1.52. The fourth-order valence-corrected chi connectivity index (χ4v) is 1.52. The Hall–Kier alpha value is -1.90. The quantitative estimate of drug-likeness (QED) is 0.827. The van der Waals surface area contributed by atoms with Crippen LogP contribution in [0.15, 0.2) is 42.6 Å². The molecule has 0 amide bonds. The predicted molar refractivity (Wildman–Crippen MR) is 71.5 cm³/mol. The van der Waals surface area contributed by atoms with Crippen molar-refractivity contribution in [3.8, 4) is 5.88 Å². The van der Waals surface area contributed by atoms with E-state index in [0.717, 1.165) is 11.4 Å². The van der Waals surface area contributed by atoms with E-state index in [1.54, 1.807) is 12.3 Å². The van der Waals surface area contributed by atoms with Crippen LogP contribution in [-0.2, 0) is 12.0 Å². The first kappa shape index (κ1) is 12.6. The molecule has 0 bridgehead atoms. The zero-order valence-corrected chi connectivity index (χ0v) is 11.1. The Balaban J connectivity index is 2.06. The summed E-state index contributed by atoms with van der Waals surface area (Å²) in [4.78, 5) is 8.70. The van der Waals surface area contributed by atoms with Gasteiger partial charge in [0.1, 0.15) is 12.4 Å². The van der Waals surface area contributed by atoms with Crippen LogP contribution in [0.5, 0.6) is 5.88 Å². The van der Waals surface area contributed by atoms with E-state index >= 15 is 0 Å². The van der Waals surface area contributed by atoms with Crippen LogP contribution >= 0.6 is 0 Å². The van der Waals surface area contributed by atoms with Gasteiger partial charge < -0.3 is 4.74 Å². The second-order valence-corrected chi connectivity index (χ2v) is 5.24. The highest BCUT2D eigenvalue weighted by Gasteiger charge is 2.17. The van der Waals surface area contributed by atoms with Crippen LogP contribution in [0.3, 0.4) is 0 Å². The maximum Gasteiger partial charge on any atom is 0.216 e. The summed E-state index contributed by atoms with van der Waals surface area (Å²) in [7, 11) is 0. The number of ether oxygens (including phenoxy) is 1. The number of hydrogen-bond donors (Lipinski definition) is 0. The smallest absolute Gasteiger partial charge is 0.216 e. The van der Waals surface area contributed by atoms with Gasteiger partial charge in [0.15, 0.2) is 0 Å². The number of aromatic nitrogens is 2. The van der Waals surface area contributed by atoms with Crippen LogP contribution in [0.2, 0.25) is 0 Å². The Kier molecular flexibility index (Phi) is 3.60. The van der Waals surface area contributed by atoms with Crippen molar-refractivity contribution in [2.45, 2.75) is 32.8 Å². The van der Waals surface area contributed by atoms with E-state index in [-0.39, 0.29) is 5.41 Å². The molecule has 1 aromatic carbocycles. The van der Waals surface area contributed by atoms with Gasteiger partial charge in [0, 0.05) is 17.7 Å². The van der Waals surface area contributed by atoms with Crippen LogP contribution in [0.4, 0.5) is 0 Å². The molecule has 3 heteroatoms. The third-order valence-electron chi connectivity index (χ3n) is 2.53. The zero-order valence-electron chi connectivity index (χ0n) is 11.1. The SMILES string of the molecule is CC(C)(C)c1nccc(OCc2ccccc2)n1. The molecule has 2 aromatic rings. The first-order valence-corrected chi connectivity index (χ1v) is 6.06. The monoisotopic (exact) mass is 242 g/mol. The number of benzene rings is 1. The third-order valence-corrected chi connectivity index (χ3v) is 2.53. The van der Waals surface area contributed by atoms with E-state index in [1.165, 1.54) is 0 Å². The molecule has 3 nitrogen and oxygen atoms in total. The molecule has 0 N–H and O–H groups in total. The largest absolute Gasteiger partial charge is 0.473 e. The van der Waals surface area contributed by atoms with Crippen LogP contribution in [0.25, 0.3) is 0 Å². The molecule has 1 aromatic heterocycles. The molecule has 94 valence electrons. The molecule has 1 heterocycles. The van der Waals surface area contributed by atoms with E-state index in [1.807, 2.05) is 30.3 Å². The highest BCUT2D eigenvalue weighted by Crippen LogP contribution is 2.19. The molecule has 0 radical (unpaired) electrons. The van der Waals surface area contributed by atoms with Crippen LogP contribution in [0, 0.1) is 0 Å². The highest BCUT2D eigenvalue weighted by atomic mass is 16.5. The minimum atomic E-state index is -0.0634. The minimum absolute atomic E-state index is 0.0634. The van der Waals surface area contributed by atoms with Gasteiger partial charge in [-0.1, -0.05) is 51.1 Å². The summed E-state index contributed by atoms with van der Waals surface area (Å²) >= 11 is 0.